The monoisotopic (exact) mass is 491 g/mol. The highest BCUT2D eigenvalue weighted by atomic mass is 32.2. The van der Waals surface area contributed by atoms with Gasteiger partial charge in [0.25, 0.3) is 5.69 Å². The van der Waals surface area contributed by atoms with Crippen LogP contribution in [-0.4, -0.2) is 51.0 Å². The lowest BCUT2D eigenvalue weighted by Crippen LogP contribution is -2.62. The molecule has 0 aliphatic carbocycles. The molecule has 2 heterocycles. The van der Waals surface area contributed by atoms with Crippen molar-refractivity contribution in [2.24, 2.45) is 5.92 Å². The molecule has 1 aromatic rings. The molecule has 180 valence electrons. The molecule has 34 heavy (non-hydrogen) atoms. The van der Waals surface area contributed by atoms with Gasteiger partial charge in [-0.1, -0.05) is 11.8 Å². The summed E-state index contributed by atoms with van der Waals surface area (Å²) in [7, 11) is 0. The van der Waals surface area contributed by atoms with Crippen LogP contribution in [0.5, 0.6) is 0 Å². The first-order chi connectivity index (χ1) is 16.1. The predicted octanol–water partition coefficient (Wildman–Crippen LogP) is 2.50. The smallest absolute Gasteiger partial charge is 0.477 e. The SMILES string of the molecule is CC(=O)N/C=C\SC1=C(C(=O)O)N2C(=O)C(C(C)OC(=O)OCc3ccc([N+](=O)[O-])cc3)C2C1. The van der Waals surface area contributed by atoms with Crippen LogP contribution in [0.2, 0.25) is 0 Å². The van der Waals surface area contributed by atoms with Crippen molar-refractivity contribution in [2.75, 3.05) is 0 Å². The minimum absolute atomic E-state index is 0.0953. The number of amides is 2. The summed E-state index contributed by atoms with van der Waals surface area (Å²) in [6.07, 6.45) is -0.249. The Bertz CT molecular complexity index is 1080. The second-order valence-corrected chi connectivity index (χ2v) is 8.49. The van der Waals surface area contributed by atoms with Crippen LogP contribution < -0.4 is 5.32 Å². The van der Waals surface area contributed by atoms with E-state index in [2.05, 4.69) is 5.32 Å². The molecule has 3 rings (SSSR count). The molecule has 2 amide bonds. The van der Waals surface area contributed by atoms with Crippen molar-refractivity contribution in [3.05, 3.63) is 62.2 Å². The van der Waals surface area contributed by atoms with Gasteiger partial charge in [0.15, 0.2) is 0 Å². The standard InChI is InChI=1S/C21H21N3O9S/c1-11(33-21(29)32-10-13-3-5-14(6-4-13)24(30)31)17-15-9-16(34-8-7-22-12(2)25)18(20(27)28)23(15)19(17)26/h3-8,11,15,17H,9-10H2,1-2H3,(H,22,25)(H,27,28)/b8-7-. The second-order valence-electron chi connectivity index (χ2n) is 7.49. The van der Waals surface area contributed by atoms with Gasteiger partial charge in [0.1, 0.15) is 18.4 Å². The maximum atomic E-state index is 12.7. The summed E-state index contributed by atoms with van der Waals surface area (Å²) in [4.78, 5) is 59.2. The summed E-state index contributed by atoms with van der Waals surface area (Å²) in [5.74, 6) is -2.74. The van der Waals surface area contributed by atoms with Gasteiger partial charge in [-0.05, 0) is 30.0 Å². The Morgan fingerprint density at radius 1 is 1.35 bits per heavy atom. The number of benzene rings is 1. The number of ether oxygens (including phenoxy) is 2. The molecular formula is C21H21N3O9S. The first-order valence-corrected chi connectivity index (χ1v) is 10.9. The molecule has 3 unspecified atom stereocenters. The van der Waals surface area contributed by atoms with Crippen molar-refractivity contribution in [2.45, 2.75) is 39.0 Å². The van der Waals surface area contributed by atoms with Gasteiger partial charge in [0.05, 0.1) is 16.9 Å². The summed E-state index contributed by atoms with van der Waals surface area (Å²) < 4.78 is 10.2. The number of nitrogens with one attached hydrogen (secondary N) is 1. The summed E-state index contributed by atoms with van der Waals surface area (Å²) in [6.45, 7) is 2.68. The van der Waals surface area contributed by atoms with E-state index in [9.17, 15) is 34.4 Å². The van der Waals surface area contributed by atoms with Crippen LogP contribution in [0.1, 0.15) is 25.8 Å². The third-order valence-corrected chi connectivity index (χ3v) is 6.14. The Balaban J connectivity index is 1.56. The lowest BCUT2D eigenvalue weighted by atomic mass is 9.83. The number of carbonyl (C=O) groups excluding carboxylic acids is 3. The topological polar surface area (TPSA) is 165 Å². The third-order valence-electron chi connectivity index (χ3n) is 5.23. The maximum Gasteiger partial charge on any atom is 0.508 e. The van der Waals surface area contributed by atoms with E-state index in [-0.39, 0.29) is 30.3 Å². The number of fused-ring (bicyclic) bond motifs is 1. The zero-order chi connectivity index (χ0) is 25.0. The molecule has 1 fully saturated rings. The molecule has 2 aliphatic rings. The number of carboxylic acids is 1. The number of thioether (sulfide) groups is 1. The number of nitro benzene ring substituents is 1. The molecule has 3 atom stereocenters. The third kappa shape index (κ3) is 5.36. The van der Waals surface area contributed by atoms with Crippen LogP contribution in [0, 0.1) is 16.0 Å². The number of carboxylic acid groups (broad SMARTS) is 1. The van der Waals surface area contributed by atoms with Gasteiger partial charge in [0.2, 0.25) is 11.8 Å². The zero-order valence-corrected chi connectivity index (χ0v) is 18.9. The average Bonchev–Trinajstić information content (AvgIpc) is 3.10. The first kappa shape index (κ1) is 24.8. The molecule has 1 saturated heterocycles. The van der Waals surface area contributed by atoms with Crippen molar-refractivity contribution >= 4 is 41.4 Å². The van der Waals surface area contributed by atoms with E-state index in [0.717, 1.165) is 11.8 Å². The van der Waals surface area contributed by atoms with E-state index in [1.165, 1.54) is 54.6 Å². The minimum Gasteiger partial charge on any atom is -0.477 e. The van der Waals surface area contributed by atoms with Crippen LogP contribution >= 0.6 is 11.8 Å². The lowest BCUT2D eigenvalue weighted by molar-refractivity contribution is -0.384. The highest BCUT2D eigenvalue weighted by Crippen LogP contribution is 2.47. The molecule has 0 bridgehead atoms. The fraction of sp³-hybridized carbons (Fsp3) is 0.333. The number of β-lactam (4-membered cyclic amide) rings is 1. The Kier molecular flexibility index (Phi) is 7.56. The number of rotatable bonds is 9. The van der Waals surface area contributed by atoms with Gasteiger partial charge >= 0.3 is 12.1 Å². The van der Waals surface area contributed by atoms with Crippen LogP contribution in [0.4, 0.5) is 10.5 Å². The van der Waals surface area contributed by atoms with E-state index < -0.39 is 41.0 Å². The van der Waals surface area contributed by atoms with E-state index in [0.29, 0.717) is 10.5 Å². The molecule has 12 nitrogen and oxygen atoms in total. The maximum absolute atomic E-state index is 12.7. The summed E-state index contributed by atoms with van der Waals surface area (Å²) in [5, 5.41) is 24.2. The molecule has 1 aromatic carbocycles. The fourth-order valence-electron chi connectivity index (χ4n) is 3.70. The van der Waals surface area contributed by atoms with E-state index in [1.54, 1.807) is 0 Å². The van der Waals surface area contributed by atoms with Gasteiger partial charge in [-0.2, -0.15) is 0 Å². The number of hydrogen-bond acceptors (Lipinski definition) is 9. The van der Waals surface area contributed by atoms with Crippen molar-refractivity contribution in [1.82, 2.24) is 10.2 Å². The molecule has 0 aromatic heterocycles. The molecular weight excluding hydrogens is 470 g/mol. The quantitative estimate of drug-likeness (QED) is 0.227. The van der Waals surface area contributed by atoms with Crippen LogP contribution in [0.15, 0.2) is 46.5 Å². The minimum atomic E-state index is -1.25. The van der Waals surface area contributed by atoms with Crippen molar-refractivity contribution in [1.29, 1.82) is 0 Å². The Morgan fingerprint density at radius 2 is 2.03 bits per heavy atom. The van der Waals surface area contributed by atoms with E-state index in [1.807, 2.05) is 0 Å². The van der Waals surface area contributed by atoms with Crippen LogP contribution in [0.3, 0.4) is 0 Å². The Hall–Kier alpha value is -3.87. The molecule has 2 aliphatic heterocycles. The van der Waals surface area contributed by atoms with Gasteiger partial charge in [0, 0.05) is 36.6 Å². The number of hydrogen-bond donors (Lipinski definition) is 2. The molecule has 0 spiro atoms. The largest absolute Gasteiger partial charge is 0.508 e. The molecule has 0 radical (unpaired) electrons. The summed E-state index contributed by atoms with van der Waals surface area (Å²) >= 11 is 1.08. The first-order valence-electron chi connectivity index (χ1n) is 10.0. The zero-order valence-electron chi connectivity index (χ0n) is 18.1. The van der Waals surface area contributed by atoms with Gasteiger partial charge in [-0.3, -0.25) is 19.7 Å². The molecule has 13 heteroatoms. The number of aliphatic carboxylic acids is 1. The number of non-ortho nitro benzene ring substituents is 1. The van der Waals surface area contributed by atoms with Crippen molar-refractivity contribution in [3.63, 3.8) is 0 Å². The fourth-order valence-corrected chi connectivity index (χ4v) is 4.57. The molecule has 0 saturated carbocycles. The Morgan fingerprint density at radius 3 is 2.62 bits per heavy atom. The lowest BCUT2D eigenvalue weighted by Gasteiger charge is -2.45. The van der Waals surface area contributed by atoms with Crippen molar-refractivity contribution in [3.8, 4) is 0 Å². The van der Waals surface area contributed by atoms with Crippen molar-refractivity contribution < 1.29 is 38.7 Å². The normalized spacial score (nSPS) is 19.9. The van der Waals surface area contributed by atoms with E-state index >= 15 is 0 Å². The second kappa shape index (κ2) is 10.4. The summed E-state index contributed by atoms with van der Waals surface area (Å²) in [5.41, 5.74) is 0.292. The summed E-state index contributed by atoms with van der Waals surface area (Å²) in [6, 6.07) is 4.97. The van der Waals surface area contributed by atoms with Gasteiger partial charge < -0.3 is 24.8 Å². The predicted molar refractivity (Wildman–Crippen MR) is 118 cm³/mol. The molecule has 2 N–H and O–H groups in total. The van der Waals surface area contributed by atoms with Gasteiger partial charge in [-0.25, -0.2) is 9.59 Å². The Labute approximate surface area is 197 Å². The number of nitro groups is 1. The average molecular weight is 491 g/mol. The van der Waals surface area contributed by atoms with Crippen LogP contribution in [0.25, 0.3) is 0 Å². The number of carbonyl (C=O) groups is 4. The van der Waals surface area contributed by atoms with Crippen LogP contribution in [-0.2, 0) is 30.5 Å². The van der Waals surface area contributed by atoms with Gasteiger partial charge in [-0.15, -0.1) is 0 Å². The highest BCUT2D eigenvalue weighted by Gasteiger charge is 2.57. The number of nitrogens with zero attached hydrogens (tertiary/aromatic N) is 2. The highest BCUT2D eigenvalue weighted by molar-refractivity contribution is 8.05. The van der Waals surface area contributed by atoms with E-state index in [4.69, 9.17) is 9.47 Å².